The Balaban J connectivity index is 1.77. The van der Waals surface area contributed by atoms with Crippen molar-refractivity contribution >= 4 is 39.6 Å². The lowest BCUT2D eigenvalue weighted by atomic mass is 10.1. The minimum Gasteiger partial charge on any atom is -0.334 e. The molecule has 29 heavy (non-hydrogen) atoms. The van der Waals surface area contributed by atoms with E-state index in [-0.39, 0.29) is 17.3 Å². The predicted octanol–water partition coefficient (Wildman–Crippen LogP) is 5.04. The molecule has 2 N–H and O–H groups in total. The molecule has 0 atom stereocenters. The van der Waals surface area contributed by atoms with Gasteiger partial charge in [0.1, 0.15) is 6.33 Å². The summed E-state index contributed by atoms with van der Waals surface area (Å²) in [6.07, 6.45) is 2.97. The summed E-state index contributed by atoms with van der Waals surface area (Å²) in [4.78, 5) is 24.0. The zero-order valence-corrected chi connectivity index (χ0v) is 15.9. The maximum atomic E-state index is 11.9. The first-order chi connectivity index (χ1) is 14.0. The number of nitrogens with one attached hydrogen (secondary N) is 2. The summed E-state index contributed by atoms with van der Waals surface area (Å²) < 4.78 is 0. The minimum absolute atomic E-state index is 0.0935. The Morgan fingerprint density at radius 3 is 2.38 bits per heavy atom. The number of nitrogens with zero attached hydrogens (tertiary/aromatic N) is 4. The highest BCUT2D eigenvalue weighted by molar-refractivity contribution is 5.93. The van der Waals surface area contributed by atoms with E-state index in [0.717, 1.165) is 22.2 Å². The summed E-state index contributed by atoms with van der Waals surface area (Å²) in [7, 11) is 0. The van der Waals surface area contributed by atoms with Crippen LogP contribution in [0.2, 0.25) is 0 Å². The quantitative estimate of drug-likeness (QED) is 0.366. The van der Waals surface area contributed by atoms with Crippen molar-refractivity contribution in [1.29, 1.82) is 0 Å². The number of anilines is 4. The number of benzene rings is 2. The standard InChI is InChI=1S/C21H18N6O2/c1-13-8-9-14(2)17(11-13)26-21-19(27(28)29)20(23-12-24-21)25-16-7-3-5-15-6-4-10-22-18(15)16/h3-12H,1-2H3,(H2,23,24,25,26). The van der Waals surface area contributed by atoms with Crippen LogP contribution in [-0.4, -0.2) is 19.9 Å². The lowest BCUT2D eigenvalue weighted by molar-refractivity contribution is -0.383. The van der Waals surface area contributed by atoms with E-state index in [9.17, 15) is 10.1 Å². The SMILES string of the molecule is Cc1ccc(C)c(Nc2ncnc(Nc3cccc4cccnc34)c2[N+](=O)[O-])c1. The summed E-state index contributed by atoms with van der Waals surface area (Å²) >= 11 is 0. The van der Waals surface area contributed by atoms with Crippen LogP contribution in [-0.2, 0) is 0 Å². The number of hydrogen-bond acceptors (Lipinski definition) is 7. The smallest absolute Gasteiger partial charge is 0.334 e. The van der Waals surface area contributed by atoms with Crippen molar-refractivity contribution in [3.05, 3.63) is 82.3 Å². The maximum Gasteiger partial charge on any atom is 0.353 e. The van der Waals surface area contributed by atoms with Crippen molar-refractivity contribution in [2.24, 2.45) is 0 Å². The molecule has 2 aromatic carbocycles. The number of nitro groups is 1. The van der Waals surface area contributed by atoms with Gasteiger partial charge in [0.05, 0.1) is 16.1 Å². The molecule has 0 aliphatic heterocycles. The molecule has 0 spiro atoms. The molecule has 0 bridgehead atoms. The second kappa shape index (κ2) is 7.51. The molecule has 2 heterocycles. The molecule has 4 aromatic rings. The molecule has 0 aliphatic carbocycles. The van der Waals surface area contributed by atoms with Crippen LogP contribution in [0.3, 0.4) is 0 Å². The first-order valence-corrected chi connectivity index (χ1v) is 8.97. The van der Waals surface area contributed by atoms with Gasteiger partial charge in [-0.1, -0.05) is 30.3 Å². The van der Waals surface area contributed by atoms with Gasteiger partial charge in [-0.25, -0.2) is 9.97 Å². The Bertz CT molecular complexity index is 1220. The third kappa shape index (κ3) is 3.68. The van der Waals surface area contributed by atoms with E-state index < -0.39 is 4.92 Å². The van der Waals surface area contributed by atoms with Crippen LogP contribution in [0.4, 0.5) is 28.7 Å². The number of rotatable bonds is 5. The van der Waals surface area contributed by atoms with Gasteiger partial charge in [-0.3, -0.25) is 15.1 Å². The van der Waals surface area contributed by atoms with E-state index >= 15 is 0 Å². The first-order valence-electron chi connectivity index (χ1n) is 8.97. The fourth-order valence-electron chi connectivity index (χ4n) is 3.07. The van der Waals surface area contributed by atoms with Gasteiger partial charge in [0.25, 0.3) is 0 Å². The van der Waals surface area contributed by atoms with Crippen molar-refractivity contribution < 1.29 is 4.92 Å². The van der Waals surface area contributed by atoms with Gasteiger partial charge in [0, 0.05) is 17.3 Å². The summed E-state index contributed by atoms with van der Waals surface area (Å²) in [5.74, 6) is 0.213. The van der Waals surface area contributed by atoms with Gasteiger partial charge in [-0.15, -0.1) is 0 Å². The van der Waals surface area contributed by atoms with E-state index in [0.29, 0.717) is 11.2 Å². The van der Waals surface area contributed by atoms with Crippen molar-refractivity contribution in [2.45, 2.75) is 13.8 Å². The highest BCUT2D eigenvalue weighted by Crippen LogP contribution is 2.35. The fraction of sp³-hybridized carbons (Fsp3) is 0.0952. The molecule has 0 radical (unpaired) electrons. The molecule has 0 saturated heterocycles. The Morgan fingerprint density at radius 2 is 1.62 bits per heavy atom. The molecule has 0 aliphatic rings. The van der Waals surface area contributed by atoms with Gasteiger partial charge < -0.3 is 10.6 Å². The summed E-state index contributed by atoms with van der Waals surface area (Å²) in [6.45, 7) is 3.88. The topological polar surface area (TPSA) is 106 Å². The fourth-order valence-corrected chi connectivity index (χ4v) is 3.07. The normalized spacial score (nSPS) is 10.7. The number of pyridine rings is 1. The monoisotopic (exact) mass is 386 g/mol. The molecular formula is C21H18N6O2. The first kappa shape index (κ1) is 18.3. The second-order valence-corrected chi connectivity index (χ2v) is 6.63. The highest BCUT2D eigenvalue weighted by atomic mass is 16.6. The van der Waals surface area contributed by atoms with Crippen LogP contribution in [0.25, 0.3) is 10.9 Å². The van der Waals surface area contributed by atoms with Crippen LogP contribution in [0.15, 0.2) is 61.1 Å². The van der Waals surface area contributed by atoms with Crippen molar-refractivity contribution in [1.82, 2.24) is 15.0 Å². The molecule has 144 valence electrons. The average Bonchev–Trinajstić information content (AvgIpc) is 2.71. The lowest BCUT2D eigenvalue weighted by Crippen LogP contribution is -2.06. The second-order valence-electron chi connectivity index (χ2n) is 6.63. The number of aromatic nitrogens is 3. The highest BCUT2D eigenvalue weighted by Gasteiger charge is 2.24. The van der Waals surface area contributed by atoms with Crippen LogP contribution in [0, 0.1) is 24.0 Å². The Kier molecular flexibility index (Phi) is 4.74. The Hall–Kier alpha value is -4.07. The third-order valence-electron chi connectivity index (χ3n) is 4.54. The summed E-state index contributed by atoms with van der Waals surface area (Å²) in [5, 5.41) is 18.9. The summed E-state index contributed by atoms with van der Waals surface area (Å²) in [5.41, 5.74) is 3.84. The Morgan fingerprint density at radius 1 is 0.897 bits per heavy atom. The molecule has 8 heteroatoms. The number of fused-ring (bicyclic) bond motifs is 1. The number of hydrogen-bond donors (Lipinski definition) is 2. The summed E-state index contributed by atoms with van der Waals surface area (Å²) in [6, 6.07) is 15.2. The van der Waals surface area contributed by atoms with Gasteiger partial charge in [0.2, 0.25) is 11.6 Å². The molecule has 8 nitrogen and oxygen atoms in total. The van der Waals surface area contributed by atoms with E-state index in [1.165, 1.54) is 6.33 Å². The van der Waals surface area contributed by atoms with Crippen molar-refractivity contribution in [3.63, 3.8) is 0 Å². The molecule has 0 saturated carbocycles. The van der Waals surface area contributed by atoms with Crippen LogP contribution < -0.4 is 10.6 Å². The van der Waals surface area contributed by atoms with Crippen molar-refractivity contribution in [2.75, 3.05) is 10.6 Å². The molecule has 0 unspecified atom stereocenters. The van der Waals surface area contributed by atoms with Gasteiger partial charge >= 0.3 is 5.69 Å². The van der Waals surface area contributed by atoms with Gasteiger partial charge in [-0.05, 0) is 43.2 Å². The molecule has 4 rings (SSSR count). The Labute approximate surface area is 166 Å². The van der Waals surface area contributed by atoms with Crippen LogP contribution >= 0.6 is 0 Å². The zero-order valence-electron chi connectivity index (χ0n) is 15.9. The van der Waals surface area contributed by atoms with Crippen LogP contribution in [0.1, 0.15) is 11.1 Å². The minimum atomic E-state index is -0.492. The maximum absolute atomic E-state index is 11.9. The van der Waals surface area contributed by atoms with E-state index in [2.05, 4.69) is 25.6 Å². The van der Waals surface area contributed by atoms with Crippen molar-refractivity contribution in [3.8, 4) is 0 Å². The van der Waals surface area contributed by atoms with E-state index in [1.54, 1.807) is 12.3 Å². The zero-order chi connectivity index (χ0) is 20.4. The lowest BCUT2D eigenvalue weighted by Gasteiger charge is -2.13. The largest absolute Gasteiger partial charge is 0.353 e. The molecule has 0 amide bonds. The molecule has 0 fully saturated rings. The van der Waals surface area contributed by atoms with Gasteiger partial charge in [-0.2, -0.15) is 0 Å². The van der Waals surface area contributed by atoms with E-state index in [1.807, 2.05) is 56.3 Å². The third-order valence-corrected chi connectivity index (χ3v) is 4.54. The number of para-hydroxylation sites is 1. The van der Waals surface area contributed by atoms with Crippen LogP contribution in [0.5, 0.6) is 0 Å². The average molecular weight is 386 g/mol. The van der Waals surface area contributed by atoms with E-state index in [4.69, 9.17) is 0 Å². The predicted molar refractivity (Wildman–Crippen MR) is 113 cm³/mol. The number of aryl methyl sites for hydroxylation is 2. The van der Waals surface area contributed by atoms with Gasteiger partial charge in [0.15, 0.2) is 0 Å². The molecular weight excluding hydrogens is 368 g/mol. The molecule has 2 aromatic heterocycles.